The van der Waals surface area contributed by atoms with Crippen molar-refractivity contribution in [2.75, 3.05) is 20.2 Å². The highest BCUT2D eigenvalue weighted by Crippen LogP contribution is 2.41. The van der Waals surface area contributed by atoms with E-state index < -0.39 is 10.3 Å². The molecular weight excluding hydrogens is 282 g/mol. The van der Waals surface area contributed by atoms with Gasteiger partial charge < -0.3 is 9.64 Å². The molecule has 118 valence electrons. The third kappa shape index (κ3) is 2.90. The predicted octanol–water partition coefficient (Wildman–Crippen LogP) is 2.87. The summed E-state index contributed by atoms with van der Waals surface area (Å²) in [7, 11) is 1.53. The molecule has 0 aliphatic carbocycles. The molecular formula is C16H21N3O3. The lowest BCUT2D eigenvalue weighted by Crippen LogP contribution is -2.44. The van der Waals surface area contributed by atoms with E-state index in [1.807, 2.05) is 0 Å². The van der Waals surface area contributed by atoms with Gasteiger partial charge in [-0.15, -0.1) is 0 Å². The highest BCUT2D eigenvalue weighted by molar-refractivity contribution is 5.50. The van der Waals surface area contributed by atoms with Crippen LogP contribution in [-0.4, -0.2) is 36.1 Å². The molecule has 6 nitrogen and oxygen atoms in total. The smallest absolute Gasteiger partial charge is 0.270 e. The highest BCUT2D eigenvalue weighted by atomic mass is 16.6. The lowest BCUT2D eigenvalue weighted by atomic mass is 9.73. The van der Waals surface area contributed by atoms with Crippen molar-refractivity contribution in [1.29, 1.82) is 5.26 Å². The van der Waals surface area contributed by atoms with Gasteiger partial charge >= 0.3 is 0 Å². The number of methoxy groups -OCH3 is 1. The van der Waals surface area contributed by atoms with Crippen LogP contribution in [0.3, 0.4) is 0 Å². The molecule has 0 atom stereocenters. The van der Waals surface area contributed by atoms with Crippen LogP contribution < -0.4 is 4.74 Å². The maximum absolute atomic E-state index is 11.0. The lowest BCUT2D eigenvalue weighted by Gasteiger charge is -2.39. The SMILES string of the molecule is COc1ccc([N+](=O)[O-])cc1C1(C#N)CCN(C(C)C)CC1. The molecule has 0 unspecified atom stereocenters. The average molecular weight is 303 g/mol. The van der Waals surface area contributed by atoms with Gasteiger partial charge in [-0.1, -0.05) is 0 Å². The van der Waals surface area contributed by atoms with Crippen LogP contribution in [0.1, 0.15) is 32.3 Å². The molecule has 1 aromatic carbocycles. The van der Waals surface area contributed by atoms with Gasteiger partial charge in [0.2, 0.25) is 0 Å². The molecule has 0 saturated carbocycles. The molecule has 22 heavy (non-hydrogen) atoms. The van der Waals surface area contributed by atoms with E-state index in [0.717, 1.165) is 13.1 Å². The highest BCUT2D eigenvalue weighted by Gasteiger charge is 2.40. The number of nitro benzene ring substituents is 1. The van der Waals surface area contributed by atoms with E-state index in [2.05, 4.69) is 24.8 Å². The molecule has 0 spiro atoms. The van der Waals surface area contributed by atoms with E-state index in [4.69, 9.17) is 4.74 Å². The molecule has 2 rings (SSSR count). The second kappa shape index (κ2) is 6.32. The molecule has 0 aromatic heterocycles. The summed E-state index contributed by atoms with van der Waals surface area (Å²) in [5.74, 6) is 0.546. The number of hydrogen-bond acceptors (Lipinski definition) is 5. The number of ether oxygens (including phenoxy) is 1. The number of non-ortho nitro benzene ring substituents is 1. The van der Waals surface area contributed by atoms with Gasteiger partial charge in [-0.05, 0) is 32.8 Å². The van der Waals surface area contributed by atoms with Crippen LogP contribution in [0.25, 0.3) is 0 Å². The molecule has 0 radical (unpaired) electrons. The average Bonchev–Trinajstić information content (AvgIpc) is 2.54. The van der Waals surface area contributed by atoms with Crippen molar-refractivity contribution in [2.24, 2.45) is 0 Å². The summed E-state index contributed by atoms with van der Waals surface area (Å²) in [5, 5.41) is 20.8. The minimum absolute atomic E-state index is 0.00304. The van der Waals surface area contributed by atoms with E-state index in [-0.39, 0.29) is 5.69 Å². The monoisotopic (exact) mass is 303 g/mol. The second-order valence-electron chi connectivity index (χ2n) is 5.97. The van der Waals surface area contributed by atoms with E-state index >= 15 is 0 Å². The molecule has 0 amide bonds. The van der Waals surface area contributed by atoms with Crippen LogP contribution in [0.4, 0.5) is 5.69 Å². The molecule has 0 bridgehead atoms. The third-order valence-corrected chi connectivity index (χ3v) is 4.51. The van der Waals surface area contributed by atoms with Gasteiger partial charge in [0, 0.05) is 36.8 Å². The van der Waals surface area contributed by atoms with E-state index in [0.29, 0.717) is 30.2 Å². The first-order valence-electron chi connectivity index (χ1n) is 7.42. The number of rotatable bonds is 4. The first-order valence-corrected chi connectivity index (χ1v) is 7.42. The minimum atomic E-state index is -0.719. The Balaban J connectivity index is 2.41. The fourth-order valence-electron chi connectivity index (χ4n) is 3.05. The fraction of sp³-hybridized carbons (Fsp3) is 0.562. The van der Waals surface area contributed by atoms with Crippen LogP contribution in [0.15, 0.2) is 18.2 Å². The van der Waals surface area contributed by atoms with Crippen LogP contribution in [0.2, 0.25) is 0 Å². The van der Waals surface area contributed by atoms with Crippen molar-refractivity contribution in [1.82, 2.24) is 4.90 Å². The maximum Gasteiger partial charge on any atom is 0.270 e. The predicted molar refractivity (Wildman–Crippen MR) is 82.9 cm³/mol. The summed E-state index contributed by atoms with van der Waals surface area (Å²) >= 11 is 0. The molecule has 1 aromatic rings. The van der Waals surface area contributed by atoms with Crippen molar-refractivity contribution in [3.8, 4) is 11.8 Å². The summed E-state index contributed by atoms with van der Waals surface area (Å²) in [6.07, 6.45) is 1.30. The fourth-order valence-corrected chi connectivity index (χ4v) is 3.05. The second-order valence-corrected chi connectivity index (χ2v) is 5.97. The molecule has 1 fully saturated rings. The molecule has 6 heteroatoms. The first kappa shape index (κ1) is 16.2. The number of piperidine rings is 1. The number of nitrogens with zero attached hydrogens (tertiary/aromatic N) is 3. The number of nitriles is 1. The number of nitro groups is 1. The van der Waals surface area contributed by atoms with Crippen LogP contribution in [0.5, 0.6) is 5.75 Å². The number of likely N-dealkylation sites (tertiary alicyclic amines) is 1. The van der Waals surface area contributed by atoms with Crippen molar-refractivity contribution >= 4 is 5.69 Å². The molecule has 1 aliphatic rings. The topological polar surface area (TPSA) is 79.4 Å². The Hall–Kier alpha value is -2.13. The quantitative estimate of drug-likeness (QED) is 0.631. The van der Waals surface area contributed by atoms with Gasteiger partial charge in [0.1, 0.15) is 5.75 Å². The molecule has 1 saturated heterocycles. The van der Waals surface area contributed by atoms with Gasteiger partial charge in [0.15, 0.2) is 0 Å². The zero-order valence-corrected chi connectivity index (χ0v) is 13.2. The van der Waals surface area contributed by atoms with Crippen LogP contribution in [0, 0.1) is 21.4 Å². The molecule has 1 aliphatic heterocycles. The van der Waals surface area contributed by atoms with E-state index in [1.165, 1.54) is 19.2 Å². The standard InChI is InChI=1S/C16H21N3O3/c1-12(2)18-8-6-16(11-17,7-9-18)14-10-13(19(20)21)4-5-15(14)22-3/h4-5,10,12H,6-9H2,1-3H3. The zero-order chi connectivity index (χ0) is 16.3. The van der Waals surface area contributed by atoms with Crippen molar-refractivity contribution in [2.45, 2.75) is 38.1 Å². The summed E-state index contributed by atoms with van der Waals surface area (Å²) in [4.78, 5) is 12.9. The maximum atomic E-state index is 11.0. The minimum Gasteiger partial charge on any atom is -0.496 e. The van der Waals surface area contributed by atoms with Crippen molar-refractivity contribution < 1.29 is 9.66 Å². The Labute approximate surface area is 130 Å². The van der Waals surface area contributed by atoms with Crippen LogP contribution >= 0.6 is 0 Å². The molecule has 1 heterocycles. The Morgan fingerprint density at radius 3 is 2.50 bits per heavy atom. The third-order valence-electron chi connectivity index (χ3n) is 4.51. The summed E-state index contributed by atoms with van der Waals surface area (Å²) in [6, 6.07) is 7.33. The Morgan fingerprint density at radius 2 is 2.05 bits per heavy atom. The van der Waals surface area contributed by atoms with Gasteiger partial charge in [-0.3, -0.25) is 10.1 Å². The Morgan fingerprint density at radius 1 is 1.41 bits per heavy atom. The van der Waals surface area contributed by atoms with Gasteiger partial charge in [-0.25, -0.2) is 0 Å². The lowest BCUT2D eigenvalue weighted by molar-refractivity contribution is -0.385. The summed E-state index contributed by atoms with van der Waals surface area (Å²) in [6.45, 7) is 5.87. The van der Waals surface area contributed by atoms with Gasteiger partial charge in [0.25, 0.3) is 5.69 Å². The van der Waals surface area contributed by atoms with Crippen molar-refractivity contribution in [3.05, 3.63) is 33.9 Å². The first-order chi connectivity index (χ1) is 10.4. The normalized spacial score (nSPS) is 18.0. The van der Waals surface area contributed by atoms with E-state index in [9.17, 15) is 15.4 Å². The van der Waals surface area contributed by atoms with Crippen LogP contribution in [-0.2, 0) is 5.41 Å². The number of hydrogen-bond donors (Lipinski definition) is 0. The van der Waals surface area contributed by atoms with Gasteiger partial charge in [0.05, 0.1) is 23.5 Å². The number of benzene rings is 1. The Kier molecular flexibility index (Phi) is 4.67. The van der Waals surface area contributed by atoms with Gasteiger partial charge in [-0.2, -0.15) is 5.26 Å². The largest absolute Gasteiger partial charge is 0.496 e. The Bertz CT molecular complexity index is 599. The molecule has 0 N–H and O–H groups in total. The summed E-state index contributed by atoms with van der Waals surface area (Å²) in [5.41, 5.74) is -0.0882. The van der Waals surface area contributed by atoms with Crippen molar-refractivity contribution in [3.63, 3.8) is 0 Å². The summed E-state index contributed by atoms with van der Waals surface area (Å²) < 4.78 is 5.35. The zero-order valence-electron chi connectivity index (χ0n) is 13.2. The van der Waals surface area contributed by atoms with E-state index in [1.54, 1.807) is 6.07 Å².